The number of nitro groups is 1. The number of nitro benzene ring substituents is 1. The Kier molecular flexibility index (Phi) is 5.79. The molecule has 7 heteroatoms. The fraction of sp³-hybridized carbons (Fsp3) is 0.130. The van der Waals surface area contributed by atoms with Crippen molar-refractivity contribution in [2.45, 2.75) is 20.8 Å². The number of amides is 1. The summed E-state index contributed by atoms with van der Waals surface area (Å²) in [5.41, 5.74) is 4.43. The fourth-order valence-electron chi connectivity index (χ4n) is 3.28. The highest BCUT2D eigenvalue weighted by molar-refractivity contribution is 6.10. The van der Waals surface area contributed by atoms with E-state index >= 15 is 0 Å². The van der Waals surface area contributed by atoms with Crippen molar-refractivity contribution in [1.82, 2.24) is 4.57 Å². The van der Waals surface area contributed by atoms with Crippen LogP contribution in [-0.2, 0) is 4.79 Å². The molecule has 1 amide bonds. The zero-order chi connectivity index (χ0) is 21.8. The second kappa shape index (κ2) is 8.45. The number of anilines is 1. The summed E-state index contributed by atoms with van der Waals surface area (Å²) in [4.78, 5) is 23.3. The number of carbonyl (C=O) groups is 1. The van der Waals surface area contributed by atoms with Gasteiger partial charge in [-0.3, -0.25) is 14.9 Å². The van der Waals surface area contributed by atoms with E-state index < -0.39 is 10.8 Å². The van der Waals surface area contributed by atoms with Crippen LogP contribution < -0.4 is 5.32 Å². The lowest BCUT2D eigenvalue weighted by atomic mass is 10.1. The van der Waals surface area contributed by atoms with E-state index in [2.05, 4.69) is 5.32 Å². The van der Waals surface area contributed by atoms with Gasteiger partial charge in [-0.15, -0.1) is 0 Å². The van der Waals surface area contributed by atoms with Crippen molar-refractivity contribution < 1.29 is 9.72 Å². The maximum absolute atomic E-state index is 12.6. The Morgan fingerprint density at radius 2 is 1.87 bits per heavy atom. The first-order valence-corrected chi connectivity index (χ1v) is 9.24. The standard InChI is InChI=1S/C23H20N4O3/c1-15-7-4-5-10-22(15)25-23(28)19(14-24)12-18-11-16(2)26(17(18)3)20-8-6-9-21(13-20)27(29)30/h4-13H,1-3H3,(H,25,28)/b19-12+. The molecule has 1 aromatic heterocycles. The number of para-hydroxylation sites is 1. The van der Waals surface area contributed by atoms with Crippen LogP contribution in [0.3, 0.4) is 0 Å². The molecule has 0 bridgehead atoms. The molecular weight excluding hydrogens is 380 g/mol. The summed E-state index contributed by atoms with van der Waals surface area (Å²) in [6.07, 6.45) is 1.53. The maximum Gasteiger partial charge on any atom is 0.271 e. The van der Waals surface area contributed by atoms with Crippen LogP contribution in [-0.4, -0.2) is 15.4 Å². The van der Waals surface area contributed by atoms with Gasteiger partial charge in [0, 0.05) is 29.2 Å². The Hall–Kier alpha value is -4.18. The highest BCUT2D eigenvalue weighted by Crippen LogP contribution is 2.25. The predicted molar refractivity (Wildman–Crippen MR) is 115 cm³/mol. The lowest BCUT2D eigenvalue weighted by Gasteiger charge is -2.09. The lowest BCUT2D eigenvalue weighted by Crippen LogP contribution is -2.14. The van der Waals surface area contributed by atoms with E-state index in [4.69, 9.17) is 0 Å². The molecule has 3 rings (SSSR count). The van der Waals surface area contributed by atoms with Gasteiger partial charge in [-0.1, -0.05) is 24.3 Å². The van der Waals surface area contributed by atoms with Gasteiger partial charge in [-0.05, 0) is 56.2 Å². The first kappa shape index (κ1) is 20.6. The van der Waals surface area contributed by atoms with Crippen molar-refractivity contribution >= 4 is 23.4 Å². The van der Waals surface area contributed by atoms with Crippen LogP contribution >= 0.6 is 0 Å². The van der Waals surface area contributed by atoms with E-state index in [0.717, 1.165) is 17.0 Å². The van der Waals surface area contributed by atoms with Gasteiger partial charge in [0.15, 0.2) is 0 Å². The summed E-state index contributed by atoms with van der Waals surface area (Å²) in [6.45, 7) is 5.58. The zero-order valence-corrected chi connectivity index (χ0v) is 16.8. The Balaban J connectivity index is 1.97. The number of aryl methyl sites for hydroxylation is 2. The summed E-state index contributed by atoms with van der Waals surface area (Å²) in [7, 11) is 0. The van der Waals surface area contributed by atoms with Gasteiger partial charge in [0.25, 0.3) is 11.6 Å². The molecule has 0 spiro atoms. The highest BCUT2D eigenvalue weighted by Gasteiger charge is 2.16. The van der Waals surface area contributed by atoms with Crippen molar-refractivity contribution in [2.24, 2.45) is 0 Å². The molecule has 7 nitrogen and oxygen atoms in total. The average molecular weight is 400 g/mol. The molecule has 0 aliphatic rings. The molecule has 2 aromatic carbocycles. The highest BCUT2D eigenvalue weighted by atomic mass is 16.6. The predicted octanol–water partition coefficient (Wildman–Crippen LogP) is 4.86. The molecule has 30 heavy (non-hydrogen) atoms. The number of rotatable bonds is 5. The van der Waals surface area contributed by atoms with E-state index in [1.54, 1.807) is 18.2 Å². The van der Waals surface area contributed by atoms with E-state index in [1.807, 2.05) is 55.7 Å². The van der Waals surface area contributed by atoms with Gasteiger partial charge in [-0.25, -0.2) is 0 Å². The van der Waals surface area contributed by atoms with Gasteiger partial charge in [0.2, 0.25) is 0 Å². The number of non-ortho nitro benzene ring substituents is 1. The number of carbonyl (C=O) groups excluding carboxylic acids is 1. The first-order valence-electron chi connectivity index (χ1n) is 9.24. The summed E-state index contributed by atoms with van der Waals surface area (Å²) < 4.78 is 1.85. The molecule has 3 aromatic rings. The molecule has 0 saturated carbocycles. The first-order chi connectivity index (χ1) is 14.3. The SMILES string of the molecule is Cc1ccccc1NC(=O)/C(C#N)=C/c1cc(C)n(-c2cccc([N+](=O)[O-])c2)c1C. The molecule has 1 heterocycles. The van der Waals surface area contributed by atoms with Crippen LogP contribution in [0.25, 0.3) is 11.8 Å². The molecular formula is C23H20N4O3. The zero-order valence-electron chi connectivity index (χ0n) is 16.8. The summed E-state index contributed by atoms with van der Waals surface area (Å²) in [5, 5.41) is 23.4. The molecule has 1 N–H and O–H groups in total. The molecule has 0 fully saturated rings. The van der Waals surface area contributed by atoms with Gasteiger partial charge in [0.05, 0.1) is 10.6 Å². The molecule has 0 saturated heterocycles. The number of hydrogen-bond donors (Lipinski definition) is 1. The Morgan fingerprint density at radius 3 is 2.53 bits per heavy atom. The minimum Gasteiger partial charge on any atom is -0.321 e. The molecule has 0 aliphatic carbocycles. The van der Waals surface area contributed by atoms with Crippen LogP contribution in [0.1, 0.15) is 22.5 Å². The second-order valence-electron chi connectivity index (χ2n) is 6.88. The number of aromatic nitrogens is 1. The summed E-state index contributed by atoms with van der Waals surface area (Å²) in [6, 6.07) is 17.4. The van der Waals surface area contributed by atoms with Crippen LogP contribution in [0.5, 0.6) is 0 Å². The lowest BCUT2D eigenvalue weighted by molar-refractivity contribution is -0.384. The maximum atomic E-state index is 12.6. The minimum absolute atomic E-state index is 0.00702. The third-order valence-electron chi connectivity index (χ3n) is 4.83. The number of hydrogen-bond acceptors (Lipinski definition) is 4. The Morgan fingerprint density at radius 1 is 1.13 bits per heavy atom. The molecule has 0 aliphatic heterocycles. The number of benzene rings is 2. The van der Waals surface area contributed by atoms with E-state index in [0.29, 0.717) is 16.9 Å². The largest absolute Gasteiger partial charge is 0.321 e. The second-order valence-corrected chi connectivity index (χ2v) is 6.88. The van der Waals surface area contributed by atoms with Crippen LogP contribution in [0.4, 0.5) is 11.4 Å². The van der Waals surface area contributed by atoms with E-state index in [-0.39, 0.29) is 11.3 Å². The van der Waals surface area contributed by atoms with Gasteiger partial charge < -0.3 is 9.88 Å². The number of nitriles is 1. The van der Waals surface area contributed by atoms with Crippen LogP contribution in [0.15, 0.2) is 60.2 Å². The van der Waals surface area contributed by atoms with Crippen LogP contribution in [0.2, 0.25) is 0 Å². The topological polar surface area (TPSA) is 101 Å². The fourth-order valence-corrected chi connectivity index (χ4v) is 3.28. The smallest absolute Gasteiger partial charge is 0.271 e. The van der Waals surface area contributed by atoms with Crippen molar-refractivity contribution in [3.63, 3.8) is 0 Å². The Bertz CT molecular complexity index is 1220. The minimum atomic E-state index is -0.494. The normalized spacial score (nSPS) is 11.1. The third-order valence-corrected chi connectivity index (χ3v) is 4.83. The van der Waals surface area contributed by atoms with Gasteiger partial charge >= 0.3 is 0 Å². The van der Waals surface area contributed by atoms with E-state index in [1.165, 1.54) is 18.2 Å². The quantitative estimate of drug-likeness (QED) is 0.286. The van der Waals surface area contributed by atoms with Crippen molar-refractivity contribution in [2.75, 3.05) is 5.32 Å². The summed E-state index contributed by atoms with van der Waals surface area (Å²) >= 11 is 0. The van der Waals surface area contributed by atoms with Crippen molar-refractivity contribution in [1.29, 1.82) is 5.26 Å². The van der Waals surface area contributed by atoms with Gasteiger partial charge in [0.1, 0.15) is 11.6 Å². The van der Waals surface area contributed by atoms with Gasteiger partial charge in [-0.2, -0.15) is 5.26 Å². The molecule has 0 radical (unpaired) electrons. The Labute approximate surface area is 174 Å². The average Bonchev–Trinajstić information content (AvgIpc) is 3.00. The molecule has 150 valence electrons. The molecule has 0 unspecified atom stereocenters. The van der Waals surface area contributed by atoms with E-state index in [9.17, 15) is 20.2 Å². The third kappa shape index (κ3) is 4.13. The number of nitrogens with one attached hydrogen (secondary N) is 1. The number of nitrogens with zero attached hydrogens (tertiary/aromatic N) is 3. The van der Waals surface area contributed by atoms with Crippen molar-refractivity contribution in [3.8, 4) is 11.8 Å². The summed E-state index contributed by atoms with van der Waals surface area (Å²) in [5.74, 6) is -0.494. The monoisotopic (exact) mass is 400 g/mol. The van der Waals surface area contributed by atoms with Crippen LogP contribution in [0, 0.1) is 42.2 Å². The molecule has 0 atom stereocenters. The van der Waals surface area contributed by atoms with Crippen molar-refractivity contribution in [3.05, 3.63) is 92.8 Å².